The summed E-state index contributed by atoms with van der Waals surface area (Å²) in [4.78, 5) is 0. The minimum Gasteiger partial charge on any atom is -0.495 e. The molecule has 0 aliphatic heterocycles. The van der Waals surface area contributed by atoms with Gasteiger partial charge in [-0.1, -0.05) is 11.6 Å². The van der Waals surface area contributed by atoms with Gasteiger partial charge in [0.15, 0.2) is 0 Å². The Balaban J connectivity index is 2.11. The van der Waals surface area contributed by atoms with Crippen molar-refractivity contribution in [1.82, 2.24) is 0 Å². The van der Waals surface area contributed by atoms with E-state index in [-0.39, 0.29) is 12.0 Å². The second-order valence-electron chi connectivity index (χ2n) is 4.27. The molecule has 2 atom stereocenters. The lowest BCUT2D eigenvalue weighted by Gasteiger charge is -2.17. The third-order valence-corrected chi connectivity index (χ3v) is 3.50. The molecule has 2 unspecified atom stereocenters. The summed E-state index contributed by atoms with van der Waals surface area (Å²) >= 11 is 5.96. The van der Waals surface area contributed by atoms with E-state index < -0.39 is 0 Å². The highest BCUT2D eigenvalue weighted by molar-refractivity contribution is 6.32. The molecular weight excluding hydrogens is 236 g/mol. The van der Waals surface area contributed by atoms with Gasteiger partial charge in [-0.15, -0.1) is 0 Å². The normalized spacial score (nSPS) is 23.1. The Labute approximate surface area is 106 Å². The summed E-state index contributed by atoms with van der Waals surface area (Å²) in [6.45, 7) is 0. The molecule has 2 rings (SSSR count). The van der Waals surface area contributed by atoms with Crippen LogP contribution in [-0.4, -0.2) is 13.2 Å². The van der Waals surface area contributed by atoms with E-state index in [4.69, 9.17) is 21.6 Å². The largest absolute Gasteiger partial charge is 0.495 e. The smallest absolute Gasteiger partial charge is 0.139 e. The van der Waals surface area contributed by atoms with E-state index in [1.807, 2.05) is 12.1 Å². The molecule has 0 aromatic heterocycles. The first-order valence-electron chi connectivity index (χ1n) is 5.74. The molecule has 3 nitrogen and oxygen atoms in total. The van der Waals surface area contributed by atoms with Gasteiger partial charge in [0.2, 0.25) is 0 Å². The third-order valence-electron chi connectivity index (χ3n) is 3.18. The fraction of sp³-hybridized carbons (Fsp3) is 0.462. The molecule has 1 aromatic carbocycles. The molecule has 0 bridgehead atoms. The van der Waals surface area contributed by atoms with Crippen molar-refractivity contribution < 1.29 is 4.74 Å². The molecule has 0 amide bonds. The van der Waals surface area contributed by atoms with Gasteiger partial charge >= 0.3 is 0 Å². The van der Waals surface area contributed by atoms with Gasteiger partial charge < -0.3 is 10.1 Å². The van der Waals surface area contributed by atoms with Gasteiger partial charge in [-0.3, -0.25) is 0 Å². The van der Waals surface area contributed by atoms with Crippen molar-refractivity contribution in [3.63, 3.8) is 0 Å². The Morgan fingerprint density at radius 1 is 1.47 bits per heavy atom. The molecule has 1 saturated carbocycles. The molecule has 17 heavy (non-hydrogen) atoms. The minimum absolute atomic E-state index is 0.108. The quantitative estimate of drug-likeness (QED) is 0.894. The highest BCUT2D eigenvalue weighted by atomic mass is 35.5. The molecule has 0 radical (unpaired) electrons. The second kappa shape index (κ2) is 5.29. The van der Waals surface area contributed by atoms with Crippen LogP contribution >= 0.6 is 11.6 Å². The number of nitriles is 1. The van der Waals surface area contributed by atoms with E-state index in [1.165, 1.54) is 0 Å². The van der Waals surface area contributed by atoms with Gasteiger partial charge in [0.1, 0.15) is 5.75 Å². The van der Waals surface area contributed by atoms with Crippen LogP contribution in [0.2, 0.25) is 5.02 Å². The average Bonchev–Trinajstić information content (AvgIpc) is 2.79. The lowest BCUT2D eigenvalue weighted by Crippen LogP contribution is -2.22. The Morgan fingerprint density at radius 2 is 2.29 bits per heavy atom. The van der Waals surface area contributed by atoms with Crippen LogP contribution in [-0.2, 0) is 0 Å². The van der Waals surface area contributed by atoms with Crippen molar-refractivity contribution in [2.45, 2.75) is 25.3 Å². The summed E-state index contributed by atoms with van der Waals surface area (Å²) < 4.78 is 5.17. The molecule has 1 aliphatic rings. The molecule has 1 aliphatic carbocycles. The fourth-order valence-electron chi connectivity index (χ4n) is 2.25. The number of nitrogens with one attached hydrogen (secondary N) is 1. The molecule has 0 heterocycles. The fourth-order valence-corrected chi connectivity index (χ4v) is 2.45. The molecule has 1 N–H and O–H groups in total. The lowest BCUT2D eigenvalue weighted by atomic mass is 10.1. The number of rotatable bonds is 3. The molecule has 4 heteroatoms. The number of halogens is 1. The highest BCUT2D eigenvalue weighted by Crippen LogP contribution is 2.31. The number of methoxy groups -OCH3 is 1. The van der Waals surface area contributed by atoms with E-state index in [0.29, 0.717) is 10.8 Å². The van der Waals surface area contributed by atoms with E-state index in [9.17, 15) is 0 Å². The number of hydrogen-bond acceptors (Lipinski definition) is 3. The standard InChI is InChI=1S/C13H15ClN2O/c1-17-13-7-10(5-6-11(13)14)16-12-4-2-3-9(12)8-15/h5-7,9,12,16H,2-4H2,1H3. The molecule has 0 saturated heterocycles. The predicted octanol–water partition coefficient (Wildman–Crippen LogP) is 3.45. The molecule has 0 spiro atoms. The summed E-state index contributed by atoms with van der Waals surface area (Å²) in [5, 5.41) is 13.0. The van der Waals surface area contributed by atoms with Crippen LogP contribution in [0.1, 0.15) is 19.3 Å². The number of nitrogens with zero attached hydrogens (tertiary/aromatic N) is 1. The van der Waals surface area contributed by atoms with Crippen molar-refractivity contribution in [3.8, 4) is 11.8 Å². The zero-order valence-corrected chi connectivity index (χ0v) is 10.5. The molecule has 1 aromatic rings. The van der Waals surface area contributed by atoms with E-state index >= 15 is 0 Å². The van der Waals surface area contributed by atoms with Gasteiger partial charge in [0, 0.05) is 17.8 Å². The first kappa shape index (κ1) is 12.1. The number of ether oxygens (including phenoxy) is 1. The summed E-state index contributed by atoms with van der Waals surface area (Å²) in [6, 6.07) is 8.19. The van der Waals surface area contributed by atoms with Crippen LogP contribution in [0.25, 0.3) is 0 Å². The summed E-state index contributed by atoms with van der Waals surface area (Å²) in [6.07, 6.45) is 3.14. The van der Waals surface area contributed by atoms with E-state index in [1.54, 1.807) is 13.2 Å². The SMILES string of the molecule is COc1cc(NC2CCCC2C#N)ccc1Cl. The monoisotopic (exact) mass is 250 g/mol. The number of anilines is 1. The summed E-state index contributed by atoms with van der Waals surface area (Å²) in [7, 11) is 1.60. The van der Waals surface area contributed by atoms with Crippen LogP contribution in [0, 0.1) is 17.2 Å². The van der Waals surface area contributed by atoms with E-state index in [2.05, 4.69) is 11.4 Å². The van der Waals surface area contributed by atoms with Gasteiger partial charge in [0.25, 0.3) is 0 Å². The van der Waals surface area contributed by atoms with Crippen molar-refractivity contribution >= 4 is 17.3 Å². The van der Waals surface area contributed by atoms with E-state index in [0.717, 1.165) is 24.9 Å². The highest BCUT2D eigenvalue weighted by Gasteiger charge is 2.26. The van der Waals surface area contributed by atoms with Crippen LogP contribution in [0.4, 0.5) is 5.69 Å². The Bertz CT molecular complexity index is 442. The van der Waals surface area contributed by atoms with Gasteiger partial charge in [-0.2, -0.15) is 5.26 Å². The number of hydrogen-bond donors (Lipinski definition) is 1. The first-order chi connectivity index (χ1) is 8.24. The van der Waals surface area contributed by atoms with Crippen molar-refractivity contribution in [2.24, 2.45) is 5.92 Å². The Morgan fingerprint density at radius 3 is 3.00 bits per heavy atom. The van der Waals surface area contributed by atoms with Crippen LogP contribution in [0.15, 0.2) is 18.2 Å². The van der Waals surface area contributed by atoms with Crippen LogP contribution in [0.5, 0.6) is 5.75 Å². The van der Waals surface area contributed by atoms with Crippen molar-refractivity contribution in [1.29, 1.82) is 5.26 Å². The molecular formula is C13H15ClN2O. The maximum atomic E-state index is 9.02. The predicted molar refractivity (Wildman–Crippen MR) is 68.4 cm³/mol. The zero-order chi connectivity index (χ0) is 12.3. The second-order valence-corrected chi connectivity index (χ2v) is 4.67. The van der Waals surface area contributed by atoms with Gasteiger partial charge in [-0.25, -0.2) is 0 Å². The maximum absolute atomic E-state index is 9.02. The summed E-state index contributed by atoms with van der Waals surface area (Å²) in [5.74, 6) is 0.764. The average molecular weight is 251 g/mol. The Kier molecular flexibility index (Phi) is 3.75. The van der Waals surface area contributed by atoms with Crippen LogP contribution < -0.4 is 10.1 Å². The van der Waals surface area contributed by atoms with Crippen LogP contribution in [0.3, 0.4) is 0 Å². The zero-order valence-electron chi connectivity index (χ0n) is 9.74. The lowest BCUT2D eigenvalue weighted by molar-refractivity contribution is 0.415. The first-order valence-corrected chi connectivity index (χ1v) is 6.12. The third kappa shape index (κ3) is 2.65. The van der Waals surface area contributed by atoms with Crippen molar-refractivity contribution in [3.05, 3.63) is 23.2 Å². The Hall–Kier alpha value is -1.40. The molecule has 90 valence electrons. The number of benzene rings is 1. The minimum atomic E-state index is 0.108. The van der Waals surface area contributed by atoms with Gasteiger partial charge in [-0.05, 0) is 31.4 Å². The van der Waals surface area contributed by atoms with Crippen molar-refractivity contribution in [2.75, 3.05) is 12.4 Å². The summed E-state index contributed by atoms with van der Waals surface area (Å²) in [5.41, 5.74) is 0.957. The topological polar surface area (TPSA) is 45.0 Å². The molecule has 1 fully saturated rings. The maximum Gasteiger partial charge on any atom is 0.139 e. The van der Waals surface area contributed by atoms with Gasteiger partial charge in [0.05, 0.1) is 24.1 Å².